The maximum Gasteiger partial charge on any atom is 0.250 e. The summed E-state index contributed by atoms with van der Waals surface area (Å²) in [4.78, 5) is 36.2. The van der Waals surface area contributed by atoms with Gasteiger partial charge in [0, 0.05) is 37.0 Å². The van der Waals surface area contributed by atoms with Gasteiger partial charge in [-0.3, -0.25) is 9.59 Å². The summed E-state index contributed by atoms with van der Waals surface area (Å²) in [6, 6.07) is 7.74. The third-order valence-corrected chi connectivity index (χ3v) is 7.78. The molecule has 0 radical (unpaired) electrons. The molecule has 0 bridgehead atoms. The molecule has 2 amide bonds. The van der Waals surface area contributed by atoms with Crippen molar-refractivity contribution in [3.05, 3.63) is 54.4 Å². The van der Waals surface area contributed by atoms with Gasteiger partial charge in [-0.2, -0.15) is 0 Å². The molecule has 3 N–H and O–H groups in total. The van der Waals surface area contributed by atoms with Crippen LogP contribution in [0.5, 0.6) is 0 Å². The number of hydrogen-bond donors (Lipinski definition) is 2. The van der Waals surface area contributed by atoms with E-state index in [1.165, 1.54) is 6.33 Å². The van der Waals surface area contributed by atoms with E-state index in [2.05, 4.69) is 34.9 Å². The molecule has 1 aliphatic heterocycles. The first-order valence-electron chi connectivity index (χ1n) is 12.8. The number of amides is 2. The quantitative estimate of drug-likeness (QED) is 0.485. The van der Waals surface area contributed by atoms with Crippen molar-refractivity contribution in [3.63, 3.8) is 0 Å². The van der Waals surface area contributed by atoms with Crippen LogP contribution in [0.2, 0.25) is 0 Å². The van der Waals surface area contributed by atoms with Crippen LogP contribution in [0.4, 0.5) is 11.5 Å². The zero-order valence-electron chi connectivity index (χ0n) is 21.8. The molecule has 2 aliphatic rings. The first-order chi connectivity index (χ1) is 17.7. The summed E-state index contributed by atoms with van der Waals surface area (Å²) in [5, 5.41) is 3.69. The molecule has 1 atom stereocenters. The van der Waals surface area contributed by atoms with Gasteiger partial charge in [0.1, 0.15) is 17.8 Å². The number of nitrogens with one attached hydrogen (secondary N) is 1. The van der Waals surface area contributed by atoms with Gasteiger partial charge in [-0.1, -0.05) is 31.7 Å². The molecule has 37 heavy (non-hydrogen) atoms. The van der Waals surface area contributed by atoms with Gasteiger partial charge in [-0.25, -0.2) is 9.97 Å². The molecule has 8 heteroatoms. The number of carbonyl (C=O) groups excluding carboxylic acids is 2. The third-order valence-electron chi connectivity index (χ3n) is 7.78. The van der Waals surface area contributed by atoms with Crippen molar-refractivity contribution < 1.29 is 9.59 Å². The van der Waals surface area contributed by atoms with Crippen molar-refractivity contribution in [2.45, 2.75) is 46.0 Å². The smallest absolute Gasteiger partial charge is 0.250 e. The summed E-state index contributed by atoms with van der Waals surface area (Å²) in [6.07, 6.45) is 8.13. The fourth-order valence-electron chi connectivity index (χ4n) is 5.56. The molecule has 0 unspecified atom stereocenters. The Morgan fingerprint density at radius 3 is 2.46 bits per heavy atom. The van der Waals surface area contributed by atoms with Crippen LogP contribution < -0.4 is 11.1 Å². The lowest BCUT2D eigenvalue weighted by Gasteiger charge is -2.35. The second kappa shape index (κ2) is 9.50. The van der Waals surface area contributed by atoms with Gasteiger partial charge in [0.2, 0.25) is 5.91 Å². The van der Waals surface area contributed by atoms with Crippen molar-refractivity contribution in [1.29, 1.82) is 0 Å². The Labute approximate surface area is 217 Å². The van der Waals surface area contributed by atoms with Crippen LogP contribution in [0.3, 0.4) is 0 Å². The standard InChI is InChI=1S/C29H34N6O2/c1-18(2)27(36)33-21-9-7-20(8-10-21)24-22(23-25(30)31-17-32-26(23)34(24)4)19-11-13-29(3,14-12-19)28(37)35-15-5-6-16-35/h7-11,17H,1,5-6,12-16H2,2-4H3,(H,33,36)(H2,30,31,32)/t29-/m1/s1. The van der Waals surface area contributed by atoms with Gasteiger partial charge >= 0.3 is 0 Å². The number of nitrogens with two attached hydrogens (primary N) is 1. The van der Waals surface area contributed by atoms with E-state index in [4.69, 9.17) is 5.73 Å². The molecule has 0 spiro atoms. The summed E-state index contributed by atoms with van der Waals surface area (Å²) >= 11 is 0. The van der Waals surface area contributed by atoms with Crippen LogP contribution in [-0.2, 0) is 16.6 Å². The number of aromatic nitrogens is 3. The van der Waals surface area contributed by atoms with Gasteiger partial charge in [0.15, 0.2) is 0 Å². The van der Waals surface area contributed by atoms with Crippen molar-refractivity contribution in [1.82, 2.24) is 19.4 Å². The lowest BCUT2D eigenvalue weighted by molar-refractivity contribution is -0.140. The highest BCUT2D eigenvalue weighted by Gasteiger charge is 2.39. The van der Waals surface area contributed by atoms with E-state index in [1.54, 1.807) is 6.92 Å². The van der Waals surface area contributed by atoms with E-state index in [0.717, 1.165) is 72.2 Å². The fourth-order valence-corrected chi connectivity index (χ4v) is 5.56. The Bertz CT molecular complexity index is 1430. The van der Waals surface area contributed by atoms with Gasteiger partial charge in [0.05, 0.1) is 16.5 Å². The van der Waals surface area contributed by atoms with Crippen molar-refractivity contribution in [2.24, 2.45) is 12.5 Å². The minimum Gasteiger partial charge on any atom is -0.383 e. The number of nitrogen functional groups attached to an aromatic ring is 1. The normalized spacial score (nSPS) is 19.6. The lowest BCUT2D eigenvalue weighted by Crippen LogP contribution is -2.41. The maximum atomic E-state index is 13.3. The van der Waals surface area contributed by atoms with Crippen LogP contribution in [0, 0.1) is 5.41 Å². The van der Waals surface area contributed by atoms with Crippen LogP contribution in [0.1, 0.15) is 51.5 Å². The summed E-state index contributed by atoms with van der Waals surface area (Å²) in [5.41, 5.74) is 12.1. The molecule has 2 aromatic heterocycles. The minimum absolute atomic E-state index is 0.208. The number of rotatable bonds is 5. The molecule has 1 saturated heterocycles. The zero-order valence-corrected chi connectivity index (χ0v) is 21.8. The van der Waals surface area contributed by atoms with Gasteiger partial charge < -0.3 is 20.5 Å². The van der Waals surface area contributed by atoms with Crippen LogP contribution in [0.15, 0.2) is 48.8 Å². The fraction of sp³-hybridized carbons (Fsp3) is 0.379. The SMILES string of the molecule is C=C(C)C(=O)Nc1ccc(-c2c(C3=CC[C@@](C)(C(=O)N4CCCC4)CC3)c3c(N)ncnc3n2C)cc1. The first-order valence-corrected chi connectivity index (χ1v) is 12.8. The average molecular weight is 499 g/mol. The monoisotopic (exact) mass is 498 g/mol. The predicted molar refractivity (Wildman–Crippen MR) is 148 cm³/mol. The van der Waals surface area contributed by atoms with Crippen molar-refractivity contribution in [2.75, 3.05) is 24.1 Å². The molecular formula is C29H34N6O2. The average Bonchev–Trinajstić information content (AvgIpc) is 3.52. The minimum atomic E-state index is -0.385. The molecule has 8 nitrogen and oxygen atoms in total. The highest BCUT2D eigenvalue weighted by atomic mass is 16.2. The van der Waals surface area contributed by atoms with E-state index in [0.29, 0.717) is 23.5 Å². The second-order valence-electron chi connectivity index (χ2n) is 10.5. The Morgan fingerprint density at radius 2 is 1.84 bits per heavy atom. The number of nitrogens with zero attached hydrogens (tertiary/aromatic N) is 4. The topological polar surface area (TPSA) is 106 Å². The number of likely N-dealkylation sites (tertiary alicyclic amines) is 1. The Kier molecular flexibility index (Phi) is 6.35. The number of aryl methyl sites for hydroxylation is 1. The number of anilines is 2. The molecule has 192 valence electrons. The lowest BCUT2D eigenvalue weighted by atomic mass is 9.74. The number of hydrogen-bond acceptors (Lipinski definition) is 5. The molecule has 0 saturated carbocycles. The van der Waals surface area contributed by atoms with Gasteiger partial charge in [-0.15, -0.1) is 0 Å². The summed E-state index contributed by atoms with van der Waals surface area (Å²) in [6.45, 7) is 9.21. The molecule has 3 heterocycles. The number of benzene rings is 1. The Hall–Kier alpha value is -3.94. The molecule has 1 fully saturated rings. The summed E-state index contributed by atoms with van der Waals surface area (Å²) < 4.78 is 2.05. The summed E-state index contributed by atoms with van der Waals surface area (Å²) in [5.74, 6) is 0.503. The van der Waals surface area contributed by atoms with E-state index >= 15 is 0 Å². The summed E-state index contributed by atoms with van der Waals surface area (Å²) in [7, 11) is 1.98. The van der Waals surface area contributed by atoms with E-state index in [9.17, 15) is 9.59 Å². The number of fused-ring (bicyclic) bond motifs is 1. The van der Waals surface area contributed by atoms with Crippen molar-refractivity contribution in [3.8, 4) is 11.3 Å². The highest BCUT2D eigenvalue weighted by Crippen LogP contribution is 2.46. The van der Waals surface area contributed by atoms with E-state index in [-0.39, 0.29) is 17.2 Å². The second-order valence-corrected chi connectivity index (χ2v) is 10.5. The number of carbonyl (C=O) groups is 2. The molecular weight excluding hydrogens is 464 g/mol. The van der Waals surface area contributed by atoms with Crippen LogP contribution in [0.25, 0.3) is 27.9 Å². The van der Waals surface area contributed by atoms with Crippen molar-refractivity contribution >= 4 is 39.9 Å². The van der Waals surface area contributed by atoms with Crippen LogP contribution in [-0.4, -0.2) is 44.3 Å². The molecule has 1 aliphatic carbocycles. The highest BCUT2D eigenvalue weighted by molar-refractivity contribution is 6.05. The van der Waals surface area contributed by atoms with E-state index < -0.39 is 0 Å². The first kappa shape index (κ1) is 24.7. The Balaban J connectivity index is 1.55. The molecule has 1 aromatic carbocycles. The van der Waals surface area contributed by atoms with Gasteiger partial charge in [-0.05, 0) is 62.3 Å². The third kappa shape index (κ3) is 4.41. The maximum absolute atomic E-state index is 13.3. The van der Waals surface area contributed by atoms with Crippen LogP contribution >= 0.6 is 0 Å². The zero-order chi connectivity index (χ0) is 26.3. The Morgan fingerprint density at radius 1 is 1.14 bits per heavy atom. The largest absolute Gasteiger partial charge is 0.383 e. The van der Waals surface area contributed by atoms with E-state index in [1.807, 2.05) is 40.8 Å². The van der Waals surface area contributed by atoms with Gasteiger partial charge in [0.25, 0.3) is 5.91 Å². The molecule has 5 rings (SSSR count). The molecule has 3 aromatic rings. The predicted octanol–water partition coefficient (Wildman–Crippen LogP) is 4.93. The number of allylic oxidation sites excluding steroid dienone is 2.